The van der Waals surface area contributed by atoms with E-state index >= 15 is 0 Å². The normalized spacial score (nSPS) is 15.0. The van der Waals surface area contributed by atoms with Crippen molar-refractivity contribution >= 4 is 23.6 Å². The van der Waals surface area contributed by atoms with Crippen molar-refractivity contribution in [2.45, 2.75) is 43.8 Å². The number of benzene rings is 3. The maximum Gasteiger partial charge on any atom is 0.254 e. The summed E-state index contributed by atoms with van der Waals surface area (Å²) in [5.74, 6) is 2.70. The largest absolute Gasteiger partial charge is 0.497 e. The standard InChI is InChI=1S/C33H37N5O3S/c1-25-24-36(20-21-37(25)32(40)27-13-7-4-8-14-27)31(39)15-9-10-22-42-33-35-34-30(23-26-11-5-3-6-12-26)38(33)28-16-18-29(41-2)19-17-28/h3-8,11-14,16-19,25H,9-10,15,20-24H2,1-2H3. The molecule has 1 atom stereocenters. The third kappa shape index (κ3) is 7.20. The molecule has 1 unspecified atom stereocenters. The lowest BCUT2D eigenvalue weighted by Gasteiger charge is -2.40. The Kier molecular flexibility index (Phi) is 9.92. The highest BCUT2D eigenvalue weighted by Crippen LogP contribution is 2.26. The van der Waals surface area contributed by atoms with Gasteiger partial charge in [-0.1, -0.05) is 60.3 Å². The Hall–Kier alpha value is -4.11. The van der Waals surface area contributed by atoms with E-state index in [9.17, 15) is 9.59 Å². The Morgan fingerprint density at radius 3 is 2.31 bits per heavy atom. The third-order valence-electron chi connectivity index (χ3n) is 7.51. The molecule has 9 heteroatoms. The lowest BCUT2D eigenvalue weighted by Crippen LogP contribution is -2.55. The van der Waals surface area contributed by atoms with Crippen molar-refractivity contribution in [3.8, 4) is 11.4 Å². The molecular formula is C33H37N5O3S. The maximum atomic E-state index is 13.0. The van der Waals surface area contributed by atoms with Crippen LogP contribution >= 0.6 is 11.8 Å². The van der Waals surface area contributed by atoms with Crippen molar-refractivity contribution < 1.29 is 14.3 Å². The van der Waals surface area contributed by atoms with E-state index in [4.69, 9.17) is 4.74 Å². The number of carbonyl (C=O) groups is 2. The SMILES string of the molecule is COc1ccc(-n2c(Cc3ccccc3)nnc2SCCCCC(=O)N2CCN(C(=O)c3ccccc3)C(C)C2)cc1. The summed E-state index contributed by atoms with van der Waals surface area (Å²) in [5.41, 5.74) is 2.86. The van der Waals surface area contributed by atoms with E-state index in [1.54, 1.807) is 18.9 Å². The van der Waals surface area contributed by atoms with Gasteiger partial charge in [0, 0.05) is 55.5 Å². The summed E-state index contributed by atoms with van der Waals surface area (Å²) >= 11 is 1.66. The van der Waals surface area contributed by atoms with Gasteiger partial charge < -0.3 is 14.5 Å². The van der Waals surface area contributed by atoms with E-state index in [0.717, 1.165) is 41.0 Å². The number of nitrogens with zero attached hydrogens (tertiary/aromatic N) is 5. The van der Waals surface area contributed by atoms with E-state index in [0.29, 0.717) is 38.0 Å². The molecule has 2 amide bonds. The summed E-state index contributed by atoms with van der Waals surface area (Å²) in [5, 5.41) is 9.90. The first-order valence-electron chi connectivity index (χ1n) is 14.4. The quantitative estimate of drug-likeness (QED) is 0.171. The fourth-order valence-electron chi connectivity index (χ4n) is 5.21. The van der Waals surface area contributed by atoms with Crippen molar-refractivity contribution in [2.75, 3.05) is 32.5 Å². The Labute approximate surface area is 251 Å². The molecule has 42 heavy (non-hydrogen) atoms. The van der Waals surface area contributed by atoms with Gasteiger partial charge in [-0.25, -0.2) is 0 Å². The molecule has 3 aromatic carbocycles. The zero-order valence-corrected chi connectivity index (χ0v) is 25.0. The average Bonchev–Trinajstić information content (AvgIpc) is 3.43. The van der Waals surface area contributed by atoms with Crippen molar-refractivity contribution in [2.24, 2.45) is 0 Å². The summed E-state index contributed by atoms with van der Waals surface area (Å²) < 4.78 is 7.45. The van der Waals surface area contributed by atoms with Gasteiger partial charge in [0.1, 0.15) is 11.6 Å². The number of methoxy groups -OCH3 is 1. The molecule has 1 aromatic heterocycles. The molecule has 2 heterocycles. The molecule has 0 aliphatic carbocycles. The predicted molar refractivity (Wildman–Crippen MR) is 165 cm³/mol. The van der Waals surface area contributed by atoms with Crippen LogP contribution in [-0.4, -0.2) is 74.9 Å². The predicted octanol–water partition coefficient (Wildman–Crippen LogP) is 5.50. The first kappa shape index (κ1) is 29.4. The Morgan fingerprint density at radius 2 is 1.62 bits per heavy atom. The monoisotopic (exact) mass is 583 g/mol. The van der Waals surface area contributed by atoms with E-state index in [2.05, 4.69) is 26.9 Å². The molecule has 5 rings (SSSR count). The van der Waals surface area contributed by atoms with Gasteiger partial charge in [0.15, 0.2) is 5.16 Å². The summed E-state index contributed by atoms with van der Waals surface area (Å²) in [7, 11) is 1.66. The molecule has 0 bridgehead atoms. The van der Waals surface area contributed by atoms with Gasteiger partial charge in [-0.3, -0.25) is 14.2 Å². The second-order valence-electron chi connectivity index (χ2n) is 10.5. The van der Waals surface area contributed by atoms with Crippen LogP contribution in [0.5, 0.6) is 5.75 Å². The van der Waals surface area contributed by atoms with Crippen molar-refractivity contribution in [3.05, 3.63) is 102 Å². The van der Waals surface area contributed by atoms with Crippen LogP contribution in [-0.2, 0) is 11.2 Å². The fourth-order valence-corrected chi connectivity index (χ4v) is 6.18. The van der Waals surface area contributed by atoms with E-state index < -0.39 is 0 Å². The van der Waals surface area contributed by atoms with Crippen LogP contribution in [0.3, 0.4) is 0 Å². The zero-order valence-electron chi connectivity index (χ0n) is 24.2. The van der Waals surface area contributed by atoms with Gasteiger partial charge in [0.2, 0.25) is 5.91 Å². The minimum atomic E-state index is -0.0136. The number of carbonyl (C=O) groups excluding carboxylic acids is 2. The molecule has 8 nitrogen and oxygen atoms in total. The Morgan fingerprint density at radius 1 is 0.905 bits per heavy atom. The highest BCUT2D eigenvalue weighted by molar-refractivity contribution is 7.99. The average molecular weight is 584 g/mol. The topological polar surface area (TPSA) is 80.6 Å². The molecule has 1 saturated heterocycles. The van der Waals surface area contributed by atoms with Crippen molar-refractivity contribution in [3.63, 3.8) is 0 Å². The van der Waals surface area contributed by atoms with Crippen LogP contribution in [0, 0.1) is 0 Å². The lowest BCUT2D eigenvalue weighted by atomic mass is 10.1. The number of aromatic nitrogens is 3. The van der Waals surface area contributed by atoms with Gasteiger partial charge in [-0.2, -0.15) is 0 Å². The van der Waals surface area contributed by atoms with Gasteiger partial charge in [0.05, 0.1) is 7.11 Å². The molecular weight excluding hydrogens is 546 g/mol. The molecule has 0 N–H and O–H groups in total. The summed E-state index contributed by atoms with van der Waals surface area (Å²) in [4.78, 5) is 29.6. The summed E-state index contributed by atoms with van der Waals surface area (Å²) in [6.07, 6.45) is 2.88. The Balaban J connectivity index is 1.13. The van der Waals surface area contributed by atoms with Crippen LogP contribution in [0.25, 0.3) is 5.69 Å². The summed E-state index contributed by atoms with van der Waals surface area (Å²) in [6.45, 7) is 3.72. The molecule has 1 aliphatic heterocycles. The van der Waals surface area contributed by atoms with Gasteiger partial charge in [0.25, 0.3) is 5.91 Å². The number of ether oxygens (including phenoxy) is 1. The summed E-state index contributed by atoms with van der Waals surface area (Å²) in [6, 6.07) is 27.5. The number of hydrogen-bond donors (Lipinski definition) is 0. The molecule has 1 aliphatic rings. The van der Waals surface area contributed by atoms with Crippen LogP contribution in [0.1, 0.15) is 47.9 Å². The highest BCUT2D eigenvalue weighted by atomic mass is 32.2. The van der Waals surface area contributed by atoms with Crippen molar-refractivity contribution in [1.29, 1.82) is 0 Å². The van der Waals surface area contributed by atoms with Crippen LogP contribution in [0.4, 0.5) is 0 Å². The number of thioether (sulfide) groups is 1. The van der Waals surface area contributed by atoms with E-state index in [-0.39, 0.29) is 17.9 Å². The van der Waals surface area contributed by atoms with E-state index in [1.807, 2.05) is 89.5 Å². The smallest absolute Gasteiger partial charge is 0.254 e. The molecule has 0 radical (unpaired) electrons. The molecule has 218 valence electrons. The van der Waals surface area contributed by atoms with Crippen LogP contribution in [0.2, 0.25) is 0 Å². The fraction of sp³-hybridized carbons (Fsp3) is 0.333. The minimum absolute atomic E-state index is 0.0136. The Bertz CT molecular complexity index is 1460. The van der Waals surface area contributed by atoms with Crippen LogP contribution in [0.15, 0.2) is 90.1 Å². The maximum absolute atomic E-state index is 13.0. The number of unbranched alkanes of at least 4 members (excludes halogenated alkanes) is 1. The number of piperazine rings is 1. The van der Waals surface area contributed by atoms with Crippen molar-refractivity contribution in [1.82, 2.24) is 24.6 Å². The molecule has 0 saturated carbocycles. The lowest BCUT2D eigenvalue weighted by molar-refractivity contribution is -0.133. The highest BCUT2D eigenvalue weighted by Gasteiger charge is 2.30. The van der Waals surface area contributed by atoms with E-state index in [1.165, 1.54) is 5.56 Å². The second kappa shape index (κ2) is 14.2. The van der Waals surface area contributed by atoms with Gasteiger partial charge in [-0.05, 0) is 61.7 Å². The number of hydrogen-bond acceptors (Lipinski definition) is 6. The number of amides is 2. The second-order valence-corrected chi connectivity index (χ2v) is 11.5. The first-order chi connectivity index (χ1) is 20.5. The number of rotatable bonds is 11. The minimum Gasteiger partial charge on any atom is -0.497 e. The molecule has 0 spiro atoms. The molecule has 1 fully saturated rings. The zero-order chi connectivity index (χ0) is 29.3. The molecule has 4 aromatic rings. The van der Waals surface area contributed by atoms with Gasteiger partial charge >= 0.3 is 0 Å². The third-order valence-corrected chi connectivity index (χ3v) is 8.53. The first-order valence-corrected chi connectivity index (χ1v) is 15.4. The van der Waals surface area contributed by atoms with Crippen LogP contribution < -0.4 is 4.74 Å². The van der Waals surface area contributed by atoms with Gasteiger partial charge in [-0.15, -0.1) is 10.2 Å².